The van der Waals surface area contributed by atoms with Crippen LogP contribution in [-0.4, -0.2) is 24.5 Å². The maximum atomic E-state index is 12.9. The average Bonchev–Trinajstić information content (AvgIpc) is 2.55. The molecule has 3 nitrogen and oxygen atoms in total. The van der Waals surface area contributed by atoms with Gasteiger partial charge in [-0.25, -0.2) is 9.18 Å². The van der Waals surface area contributed by atoms with Crippen LogP contribution in [0.5, 0.6) is 0 Å². The number of rotatable bonds is 5. The molecule has 4 heteroatoms. The third-order valence-electron chi connectivity index (χ3n) is 4.24. The lowest BCUT2D eigenvalue weighted by Gasteiger charge is -2.29. The zero-order valence-corrected chi connectivity index (χ0v) is 14.8. The predicted molar refractivity (Wildman–Crippen MR) is 95.5 cm³/mol. The van der Waals surface area contributed by atoms with Crippen LogP contribution in [0.15, 0.2) is 48.5 Å². The van der Waals surface area contributed by atoms with Crippen molar-refractivity contribution in [1.29, 1.82) is 0 Å². The Morgan fingerprint density at radius 2 is 1.75 bits per heavy atom. The smallest absolute Gasteiger partial charge is 0.317 e. The van der Waals surface area contributed by atoms with Gasteiger partial charge < -0.3 is 10.2 Å². The molecule has 0 aliphatic carbocycles. The second-order valence-electron chi connectivity index (χ2n) is 6.84. The van der Waals surface area contributed by atoms with E-state index < -0.39 is 0 Å². The standard InChI is InChI=1S/C20H25FN2O/c1-15-7-5-6-8-18(15)20(2,3)14-22-19(24)23(4)13-16-9-11-17(21)12-10-16/h5-12H,13-14H2,1-4H3,(H,22,24). The highest BCUT2D eigenvalue weighted by atomic mass is 19.1. The highest BCUT2D eigenvalue weighted by Crippen LogP contribution is 2.25. The number of amides is 2. The molecule has 24 heavy (non-hydrogen) atoms. The molecular weight excluding hydrogens is 303 g/mol. The molecule has 128 valence electrons. The highest BCUT2D eigenvalue weighted by molar-refractivity contribution is 5.74. The van der Waals surface area contributed by atoms with Crippen LogP contribution in [0.3, 0.4) is 0 Å². The first-order valence-corrected chi connectivity index (χ1v) is 8.09. The molecule has 0 spiro atoms. The Kier molecular flexibility index (Phi) is 5.60. The summed E-state index contributed by atoms with van der Waals surface area (Å²) in [5.41, 5.74) is 3.19. The molecule has 0 heterocycles. The molecule has 1 N–H and O–H groups in total. The largest absolute Gasteiger partial charge is 0.337 e. The average molecular weight is 328 g/mol. The predicted octanol–water partition coefficient (Wildman–Crippen LogP) is 4.25. The van der Waals surface area contributed by atoms with Gasteiger partial charge in [0.05, 0.1) is 0 Å². The summed E-state index contributed by atoms with van der Waals surface area (Å²) in [5.74, 6) is -0.272. The molecule has 0 aromatic heterocycles. The van der Waals surface area contributed by atoms with Crippen molar-refractivity contribution in [2.24, 2.45) is 0 Å². The van der Waals surface area contributed by atoms with Crippen LogP contribution in [0.4, 0.5) is 9.18 Å². The van der Waals surface area contributed by atoms with Gasteiger partial charge in [0.2, 0.25) is 0 Å². The van der Waals surface area contributed by atoms with Gasteiger partial charge in [0.1, 0.15) is 5.82 Å². The minimum atomic E-state index is -0.272. The molecule has 0 unspecified atom stereocenters. The molecule has 0 radical (unpaired) electrons. The number of hydrogen-bond donors (Lipinski definition) is 1. The van der Waals surface area contributed by atoms with Gasteiger partial charge in [-0.1, -0.05) is 50.2 Å². The maximum Gasteiger partial charge on any atom is 0.317 e. The van der Waals surface area contributed by atoms with E-state index >= 15 is 0 Å². The molecule has 0 bridgehead atoms. The number of urea groups is 1. The first-order chi connectivity index (χ1) is 11.3. The highest BCUT2D eigenvalue weighted by Gasteiger charge is 2.23. The molecule has 2 rings (SSSR count). The normalized spacial score (nSPS) is 11.2. The summed E-state index contributed by atoms with van der Waals surface area (Å²) in [7, 11) is 1.74. The second-order valence-corrected chi connectivity index (χ2v) is 6.84. The lowest BCUT2D eigenvalue weighted by molar-refractivity contribution is 0.204. The van der Waals surface area contributed by atoms with Gasteiger partial charge >= 0.3 is 6.03 Å². The Labute approximate surface area is 143 Å². The SMILES string of the molecule is Cc1ccccc1C(C)(C)CNC(=O)N(C)Cc1ccc(F)cc1. The van der Waals surface area contributed by atoms with E-state index in [4.69, 9.17) is 0 Å². The number of hydrogen-bond acceptors (Lipinski definition) is 1. The molecule has 0 fully saturated rings. The van der Waals surface area contributed by atoms with Crippen molar-refractivity contribution >= 4 is 6.03 Å². The summed E-state index contributed by atoms with van der Waals surface area (Å²) in [5, 5.41) is 2.99. The summed E-state index contributed by atoms with van der Waals surface area (Å²) in [6, 6.07) is 14.3. The van der Waals surface area contributed by atoms with Gasteiger partial charge in [-0.3, -0.25) is 0 Å². The van der Waals surface area contributed by atoms with Crippen molar-refractivity contribution in [3.8, 4) is 0 Å². The maximum absolute atomic E-state index is 12.9. The van der Waals surface area contributed by atoms with Gasteiger partial charge in [-0.15, -0.1) is 0 Å². The lowest BCUT2D eigenvalue weighted by atomic mass is 9.82. The van der Waals surface area contributed by atoms with Crippen LogP contribution in [0, 0.1) is 12.7 Å². The zero-order valence-electron chi connectivity index (χ0n) is 14.8. The van der Waals surface area contributed by atoms with Gasteiger partial charge in [-0.2, -0.15) is 0 Å². The van der Waals surface area contributed by atoms with E-state index in [1.165, 1.54) is 23.3 Å². The summed E-state index contributed by atoms with van der Waals surface area (Å²) in [6.07, 6.45) is 0. The zero-order chi connectivity index (χ0) is 17.7. The summed E-state index contributed by atoms with van der Waals surface area (Å²) in [6.45, 7) is 7.31. The fourth-order valence-electron chi connectivity index (χ4n) is 2.79. The quantitative estimate of drug-likeness (QED) is 0.874. The Hall–Kier alpha value is -2.36. The monoisotopic (exact) mass is 328 g/mol. The molecule has 0 saturated heterocycles. The topological polar surface area (TPSA) is 32.3 Å². The number of halogens is 1. The van der Waals surface area contributed by atoms with Gasteiger partial charge in [-0.05, 0) is 35.7 Å². The molecule has 0 aliphatic rings. The van der Waals surface area contributed by atoms with E-state index in [0.717, 1.165) is 5.56 Å². The van der Waals surface area contributed by atoms with Gasteiger partial charge in [0.25, 0.3) is 0 Å². The number of carbonyl (C=O) groups is 1. The molecule has 0 saturated carbocycles. The number of aryl methyl sites for hydroxylation is 1. The molecule has 0 atom stereocenters. The van der Waals surface area contributed by atoms with Gasteiger partial charge in [0.15, 0.2) is 0 Å². The first-order valence-electron chi connectivity index (χ1n) is 8.09. The van der Waals surface area contributed by atoms with E-state index in [2.05, 4.69) is 38.2 Å². The number of nitrogens with one attached hydrogen (secondary N) is 1. The van der Waals surface area contributed by atoms with Crippen LogP contribution in [-0.2, 0) is 12.0 Å². The fourth-order valence-corrected chi connectivity index (χ4v) is 2.79. The number of carbonyl (C=O) groups excluding carboxylic acids is 1. The van der Waals surface area contributed by atoms with Crippen LogP contribution < -0.4 is 5.32 Å². The minimum absolute atomic E-state index is 0.138. The van der Waals surface area contributed by atoms with Crippen molar-refractivity contribution < 1.29 is 9.18 Å². The fraction of sp³-hybridized carbons (Fsp3) is 0.350. The Bertz CT molecular complexity index is 695. The third kappa shape index (κ3) is 4.57. The summed E-state index contributed by atoms with van der Waals surface area (Å²) < 4.78 is 12.9. The van der Waals surface area contributed by atoms with Crippen molar-refractivity contribution in [3.63, 3.8) is 0 Å². The van der Waals surface area contributed by atoms with E-state index in [-0.39, 0.29) is 17.3 Å². The van der Waals surface area contributed by atoms with Crippen molar-refractivity contribution in [1.82, 2.24) is 10.2 Å². The number of nitrogens with zero attached hydrogens (tertiary/aromatic N) is 1. The van der Waals surface area contributed by atoms with E-state index in [1.54, 1.807) is 24.1 Å². The first kappa shape index (κ1) is 18.0. The molecule has 2 aromatic rings. The van der Waals surface area contributed by atoms with Gasteiger partial charge in [0, 0.05) is 25.6 Å². The molecule has 2 amide bonds. The second kappa shape index (κ2) is 7.47. The molecular formula is C20H25FN2O. The van der Waals surface area contributed by atoms with Crippen molar-refractivity contribution in [3.05, 3.63) is 71.0 Å². The van der Waals surface area contributed by atoms with Crippen molar-refractivity contribution in [2.75, 3.05) is 13.6 Å². The summed E-state index contributed by atoms with van der Waals surface area (Å²) >= 11 is 0. The van der Waals surface area contributed by atoms with Crippen LogP contribution in [0.1, 0.15) is 30.5 Å². The number of benzene rings is 2. The van der Waals surface area contributed by atoms with Crippen molar-refractivity contribution in [2.45, 2.75) is 32.7 Å². The lowest BCUT2D eigenvalue weighted by Crippen LogP contribution is -2.43. The third-order valence-corrected chi connectivity index (χ3v) is 4.24. The van der Waals surface area contributed by atoms with E-state index in [1.807, 2.05) is 12.1 Å². The Morgan fingerprint density at radius 3 is 2.38 bits per heavy atom. The Morgan fingerprint density at radius 1 is 1.12 bits per heavy atom. The molecule has 2 aromatic carbocycles. The Balaban J connectivity index is 1.94. The van der Waals surface area contributed by atoms with Crippen LogP contribution >= 0.6 is 0 Å². The van der Waals surface area contributed by atoms with E-state index in [0.29, 0.717) is 13.1 Å². The van der Waals surface area contributed by atoms with E-state index in [9.17, 15) is 9.18 Å². The molecule has 0 aliphatic heterocycles. The van der Waals surface area contributed by atoms with Crippen LogP contribution in [0.2, 0.25) is 0 Å². The van der Waals surface area contributed by atoms with Crippen LogP contribution in [0.25, 0.3) is 0 Å². The summed E-state index contributed by atoms with van der Waals surface area (Å²) in [4.78, 5) is 13.9. The minimum Gasteiger partial charge on any atom is -0.337 e.